The van der Waals surface area contributed by atoms with Gasteiger partial charge >= 0.3 is 12.1 Å². The van der Waals surface area contributed by atoms with Crippen molar-refractivity contribution in [2.75, 3.05) is 11.9 Å². The van der Waals surface area contributed by atoms with Crippen LogP contribution in [0.3, 0.4) is 0 Å². The van der Waals surface area contributed by atoms with E-state index in [9.17, 15) is 18.0 Å². The van der Waals surface area contributed by atoms with Gasteiger partial charge in [-0.3, -0.25) is 0 Å². The van der Waals surface area contributed by atoms with Crippen LogP contribution in [0, 0.1) is 0 Å². The molecule has 0 atom stereocenters. The molecule has 1 rings (SSSR count). The molecule has 1 N–H and O–H groups in total. The Hall–Kier alpha value is -1.79. The largest absolute Gasteiger partial charge is 0.478 e. The lowest BCUT2D eigenvalue weighted by Crippen LogP contribution is -2.29. The molecule has 0 fully saturated rings. The number of rotatable bonds is 3. The van der Waals surface area contributed by atoms with Gasteiger partial charge in [-0.2, -0.15) is 13.2 Å². The molecule has 0 aliphatic rings. The standard InChI is InChI=1S/C11H13F3N2O2/c1-6(2)16(3)9-7(10(17)18)4-5-8(15-9)11(12,13)14/h4-6H,1-3H3,(H,17,18). The average Bonchev–Trinajstić information content (AvgIpc) is 2.25. The molecule has 4 nitrogen and oxygen atoms in total. The van der Waals surface area contributed by atoms with E-state index < -0.39 is 17.8 Å². The third kappa shape index (κ3) is 2.91. The summed E-state index contributed by atoms with van der Waals surface area (Å²) >= 11 is 0. The van der Waals surface area contributed by atoms with Gasteiger partial charge in [0.2, 0.25) is 0 Å². The molecule has 0 aliphatic heterocycles. The number of carboxylic acid groups (broad SMARTS) is 1. The maximum atomic E-state index is 12.5. The van der Waals surface area contributed by atoms with Crippen LogP contribution in [0.4, 0.5) is 19.0 Å². The van der Waals surface area contributed by atoms with Gasteiger partial charge in [0.05, 0.1) is 0 Å². The van der Waals surface area contributed by atoms with E-state index in [2.05, 4.69) is 4.98 Å². The number of carboxylic acids is 1. The second-order valence-electron chi connectivity index (χ2n) is 4.08. The average molecular weight is 262 g/mol. The molecule has 7 heteroatoms. The normalized spacial score (nSPS) is 11.7. The van der Waals surface area contributed by atoms with E-state index >= 15 is 0 Å². The first-order valence-electron chi connectivity index (χ1n) is 5.19. The van der Waals surface area contributed by atoms with Crippen LogP contribution in [0.15, 0.2) is 12.1 Å². The molecule has 18 heavy (non-hydrogen) atoms. The van der Waals surface area contributed by atoms with Crippen molar-refractivity contribution >= 4 is 11.8 Å². The van der Waals surface area contributed by atoms with Crippen LogP contribution in [0.5, 0.6) is 0 Å². The molecule has 100 valence electrons. The fourth-order valence-corrected chi connectivity index (χ4v) is 1.29. The molecule has 0 saturated heterocycles. The third-order valence-electron chi connectivity index (χ3n) is 2.50. The van der Waals surface area contributed by atoms with Crippen LogP contribution in [-0.4, -0.2) is 29.1 Å². The lowest BCUT2D eigenvalue weighted by Gasteiger charge is -2.24. The summed E-state index contributed by atoms with van der Waals surface area (Å²) < 4.78 is 37.6. The van der Waals surface area contributed by atoms with Crippen LogP contribution in [-0.2, 0) is 6.18 Å². The summed E-state index contributed by atoms with van der Waals surface area (Å²) in [6, 6.07) is 1.42. The molecule has 0 amide bonds. The second kappa shape index (κ2) is 4.83. The van der Waals surface area contributed by atoms with Gasteiger partial charge in [0.25, 0.3) is 0 Å². The summed E-state index contributed by atoms with van der Waals surface area (Å²) in [5.74, 6) is -1.49. The van der Waals surface area contributed by atoms with Gasteiger partial charge in [0, 0.05) is 13.1 Å². The van der Waals surface area contributed by atoms with E-state index in [1.807, 2.05) is 0 Å². The van der Waals surface area contributed by atoms with Crippen molar-refractivity contribution in [2.24, 2.45) is 0 Å². The monoisotopic (exact) mass is 262 g/mol. The fourth-order valence-electron chi connectivity index (χ4n) is 1.29. The molecule has 0 aliphatic carbocycles. The lowest BCUT2D eigenvalue weighted by atomic mass is 10.2. The molecule has 1 aromatic rings. The van der Waals surface area contributed by atoms with E-state index in [0.717, 1.165) is 6.07 Å². The summed E-state index contributed by atoms with van der Waals surface area (Å²) in [6.07, 6.45) is -4.59. The van der Waals surface area contributed by atoms with Crippen molar-refractivity contribution in [3.63, 3.8) is 0 Å². The predicted molar refractivity (Wildman–Crippen MR) is 59.7 cm³/mol. The number of halogens is 3. The number of alkyl halides is 3. The number of nitrogens with zero attached hydrogens (tertiary/aromatic N) is 2. The lowest BCUT2D eigenvalue weighted by molar-refractivity contribution is -0.141. The predicted octanol–water partition coefficient (Wildman–Crippen LogP) is 2.64. The summed E-state index contributed by atoms with van der Waals surface area (Å²) in [5.41, 5.74) is -1.35. The molecule has 1 heterocycles. The van der Waals surface area contributed by atoms with E-state index in [4.69, 9.17) is 5.11 Å². The zero-order chi connectivity index (χ0) is 14.1. The number of pyridine rings is 1. The quantitative estimate of drug-likeness (QED) is 0.909. The Morgan fingerprint density at radius 3 is 2.33 bits per heavy atom. The molecule has 0 saturated carbocycles. The van der Waals surface area contributed by atoms with Crippen molar-refractivity contribution in [1.29, 1.82) is 0 Å². The summed E-state index contributed by atoms with van der Waals surface area (Å²) in [4.78, 5) is 15.8. The minimum Gasteiger partial charge on any atom is -0.478 e. The third-order valence-corrected chi connectivity index (χ3v) is 2.50. The number of aromatic nitrogens is 1. The minimum absolute atomic E-state index is 0.168. The van der Waals surface area contributed by atoms with Crippen LogP contribution >= 0.6 is 0 Å². The van der Waals surface area contributed by atoms with Crippen molar-refractivity contribution in [2.45, 2.75) is 26.1 Å². The first-order chi connectivity index (χ1) is 8.14. The Balaban J connectivity index is 3.38. The number of aromatic carboxylic acids is 1. The Labute approximate surface area is 102 Å². The molecular weight excluding hydrogens is 249 g/mol. The maximum absolute atomic E-state index is 12.5. The molecule has 1 aromatic heterocycles. The Morgan fingerprint density at radius 1 is 1.39 bits per heavy atom. The van der Waals surface area contributed by atoms with E-state index in [-0.39, 0.29) is 17.4 Å². The Kier molecular flexibility index (Phi) is 3.83. The highest BCUT2D eigenvalue weighted by molar-refractivity contribution is 5.93. The van der Waals surface area contributed by atoms with Gasteiger partial charge in [-0.25, -0.2) is 9.78 Å². The highest BCUT2D eigenvalue weighted by Crippen LogP contribution is 2.30. The molecule has 0 bridgehead atoms. The second-order valence-corrected chi connectivity index (χ2v) is 4.08. The molecule has 0 aromatic carbocycles. The van der Waals surface area contributed by atoms with Crippen molar-refractivity contribution in [3.05, 3.63) is 23.4 Å². The summed E-state index contributed by atoms with van der Waals surface area (Å²) in [6.45, 7) is 3.46. The maximum Gasteiger partial charge on any atom is 0.433 e. The number of anilines is 1. The highest BCUT2D eigenvalue weighted by atomic mass is 19.4. The van der Waals surface area contributed by atoms with Gasteiger partial charge in [-0.15, -0.1) is 0 Å². The zero-order valence-corrected chi connectivity index (χ0v) is 10.1. The van der Waals surface area contributed by atoms with Crippen LogP contribution in [0.25, 0.3) is 0 Å². The van der Waals surface area contributed by atoms with Crippen molar-refractivity contribution in [1.82, 2.24) is 4.98 Å². The number of hydrogen-bond acceptors (Lipinski definition) is 3. The van der Waals surface area contributed by atoms with Crippen molar-refractivity contribution in [3.8, 4) is 0 Å². The topological polar surface area (TPSA) is 53.4 Å². The van der Waals surface area contributed by atoms with Crippen LogP contribution in [0.2, 0.25) is 0 Å². The molecule has 0 radical (unpaired) electrons. The Morgan fingerprint density at radius 2 is 1.94 bits per heavy atom. The summed E-state index contributed by atoms with van der Waals surface area (Å²) in [5, 5.41) is 8.94. The van der Waals surface area contributed by atoms with Crippen LogP contribution in [0.1, 0.15) is 29.9 Å². The molecular formula is C11H13F3N2O2. The smallest absolute Gasteiger partial charge is 0.433 e. The van der Waals surface area contributed by atoms with Crippen LogP contribution < -0.4 is 4.90 Å². The van der Waals surface area contributed by atoms with E-state index in [1.54, 1.807) is 13.8 Å². The summed E-state index contributed by atoms with van der Waals surface area (Å²) in [7, 11) is 1.50. The van der Waals surface area contributed by atoms with Gasteiger partial charge in [0.1, 0.15) is 17.1 Å². The first-order valence-corrected chi connectivity index (χ1v) is 5.19. The number of carbonyl (C=O) groups is 1. The zero-order valence-electron chi connectivity index (χ0n) is 10.1. The highest BCUT2D eigenvalue weighted by Gasteiger charge is 2.34. The van der Waals surface area contributed by atoms with Gasteiger partial charge in [-0.05, 0) is 26.0 Å². The van der Waals surface area contributed by atoms with Crippen molar-refractivity contribution < 1.29 is 23.1 Å². The molecule has 0 unspecified atom stereocenters. The fraction of sp³-hybridized carbons (Fsp3) is 0.455. The SMILES string of the molecule is CC(C)N(C)c1nc(C(F)(F)F)ccc1C(=O)O. The first kappa shape index (κ1) is 14.3. The van der Waals surface area contributed by atoms with E-state index in [0.29, 0.717) is 6.07 Å². The Bertz CT molecular complexity index is 458. The van der Waals surface area contributed by atoms with Gasteiger partial charge in [-0.1, -0.05) is 0 Å². The number of hydrogen-bond donors (Lipinski definition) is 1. The van der Waals surface area contributed by atoms with Gasteiger partial charge < -0.3 is 10.0 Å². The minimum atomic E-state index is -4.59. The van der Waals surface area contributed by atoms with E-state index in [1.165, 1.54) is 11.9 Å². The van der Waals surface area contributed by atoms with Gasteiger partial charge in [0.15, 0.2) is 0 Å². The molecule has 0 spiro atoms.